The summed E-state index contributed by atoms with van der Waals surface area (Å²) < 4.78 is 31.5. The van der Waals surface area contributed by atoms with E-state index in [0.29, 0.717) is 11.8 Å². The highest BCUT2D eigenvalue weighted by atomic mass is 19.2. The summed E-state index contributed by atoms with van der Waals surface area (Å²) in [5, 5.41) is 10.4. The van der Waals surface area contributed by atoms with Gasteiger partial charge in [-0.1, -0.05) is 17.7 Å². The quantitative estimate of drug-likeness (QED) is 0.763. The Morgan fingerprint density at radius 2 is 1.84 bits per heavy atom. The van der Waals surface area contributed by atoms with Gasteiger partial charge in [0.25, 0.3) is 0 Å². The average Bonchev–Trinajstić information content (AvgIpc) is 3.06. The van der Waals surface area contributed by atoms with E-state index in [2.05, 4.69) is 15.5 Å². The lowest BCUT2D eigenvalue weighted by molar-refractivity contribution is -0.116. The Labute approximate surface area is 142 Å². The van der Waals surface area contributed by atoms with Crippen molar-refractivity contribution in [3.63, 3.8) is 0 Å². The van der Waals surface area contributed by atoms with Crippen LogP contribution in [0, 0.1) is 18.6 Å². The predicted molar refractivity (Wildman–Crippen MR) is 87.8 cm³/mol. The summed E-state index contributed by atoms with van der Waals surface area (Å²) >= 11 is 0. The van der Waals surface area contributed by atoms with Gasteiger partial charge in [-0.15, -0.1) is 10.2 Å². The van der Waals surface area contributed by atoms with E-state index in [-0.39, 0.29) is 24.4 Å². The number of nitrogens with one attached hydrogen (secondary N) is 1. The summed E-state index contributed by atoms with van der Waals surface area (Å²) in [4.78, 5) is 11.9. The highest BCUT2D eigenvalue weighted by molar-refractivity contribution is 5.90. The number of nitrogens with zero attached hydrogens (tertiary/aromatic N) is 2. The van der Waals surface area contributed by atoms with E-state index in [4.69, 9.17) is 4.42 Å². The van der Waals surface area contributed by atoms with Gasteiger partial charge in [-0.3, -0.25) is 4.79 Å². The third-order valence-corrected chi connectivity index (χ3v) is 3.53. The number of aromatic nitrogens is 2. The lowest BCUT2D eigenvalue weighted by Gasteiger charge is -2.04. The maximum atomic E-state index is 13.1. The number of aryl methyl sites for hydroxylation is 2. The molecule has 0 aliphatic rings. The van der Waals surface area contributed by atoms with Crippen LogP contribution in [0.1, 0.15) is 17.9 Å². The van der Waals surface area contributed by atoms with Crippen molar-refractivity contribution >= 4 is 11.6 Å². The molecule has 0 bridgehead atoms. The van der Waals surface area contributed by atoms with Crippen LogP contribution in [0.3, 0.4) is 0 Å². The van der Waals surface area contributed by atoms with Crippen LogP contribution in [0.2, 0.25) is 0 Å². The summed E-state index contributed by atoms with van der Waals surface area (Å²) in [5.41, 5.74) is 2.11. The molecule has 0 aliphatic carbocycles. The molecular formula is C18H15F2N3O2. The van der Waals surface area contributed by atoms with Crippen LogP contribution in [0.5, 0.6) is 0 Å². The number of rotatable bonds is 5. The molecule has 2 aromatic carbocycles. The van der Waals surface area contributed by atoms with E-state index in [1.807, 2.05) is 31.2 Å². The number of benzene rings is 2. The Bertz CT molecular complexity index is 892. The van der Waals surface area contributed by atoms with E-state index in [1.54, 1.807) is 0 Å². The van der Waals surface area contributed by atoms with Crippen LogP contribution < -0.4 is 5.32 Å². The van der Waals surface area contributed by atoms with Crippen molar-refractivity contribution in [2.45, 2.75) is 19.8 Å². The first-order chi connectivity index (χ1) is 12.0. The number of anilines is 1. The number of hydrogen-bond acceptors (Lipinski definition) is 4. The molecule has 7 heteroatoms. The molecule has 128 valence electrons. The van der Waals surface area contributed by atoms with Crippen molar-refractivity contribution in [3.05, 3.63) is 65.6 Å². The average molecular weight is 343 g/mol. The first-order valence-electron chi connectivity index (χ1n) is 7.65. The van der Waals surface area contributed by atoms with E-state index < -0.39 is 11.6 Å². The molecule has 0 spiro atoms. The van der Waals surface area contributed by atoms with Gasteiger partial charge < -0.3 is 9.73 Å². The molecule has 0 atom stereocenters. The molecule has 1 aromatic heterocycles. The summed E-state index contributed by atoms with van der Waals surface area (Å²) in [7, 11) is 0. The second kappa shape index (κ2) is 7.21. The van der Waals surface area contributed by atoms with Gasteiger partial charge in [0.15, 0.2) is 11.6 Å². The van der Waals surface area contributed by atoms with Crippen molar-refractivity contribution < 1.29 is 18.0 Å². The second-order valence-electron chi connectivity index (χ2n) is 5.54. The van der Waals surface area contributed by atoms with Crippen LogP contribution >= 0.6 is 0 Å². The maximum absolute atomic E-state index is 13.1. The van der Waals surface area contributed by atoms with E-state index >= 15 is 0 Å². The number of amides is 1. The fourth-order valence-electron chi connectivity index (χ4n) is 2.19. The van der Waals surface area contributed by atoms with Crippen LogP contribution in [0.25, 0.3) is 11.5 Å². The Morgan fingerprint density at radius 1 is 1.08 bits per heavy atom. The first kappa shape index (κ1) is 16.8. The molecule has 3 aromatic rings. The smallest absolute Gasteiger partial charge is 0.247 e. The Balaban J connectivity index is 1.57. The normalized spacial score (nSPS) is 10.7. The standard InChI is InChI=1S/C18H15F2N3O2/c1-11-2-4-12(5-3-11)18-23-22-17(25-18)9-8-16(24)21-13-6-7-14(19)15(20)10-13/h2-7,10H,8-9H2,1H3,(H,21,24). The lowest BCUT2D eigenvalue weighted by atomic mass is 10.1. The monoisotopic (exact) mass is 343 g/mol. The molecule has 0 unspecified atom stereocenters. The molecule has 0 saturated carbocycles. The zero-order chi connectivity index (χ0) is 17.8. The molecule has 3 rings (SSSR count). The van der Waals surface area contributed by atoms with Gasteiger partial charge >= 0.3 is 0 Å². The minimum atomic E-state index is -1.02. The predicted octanol–water partition coefficient (Wildman–Crippen LogP) is 3.89. The van der Waals surface area contributed by atoms with Gasteiger partial charge in [-0.2, -0.15) is 0 Å². The van der Waals surface area contributed by atoms with Crippen molar-refractivity contribution in [1.29, 1.82) is 0 Å². The Hall–Kier alpha value is -3.09. The fraction of sp³-hybridized carbons (Fsp3) is 0.167. The van der Waals surface area contributed by atoms with Crippen molar-refractivity contribution in [2.24, 2.45) is 0 Å². The van der Waals surface area contributed by atoms with Crippen LogP contribution in [-0.4, -0.2) is 16.1 Å². The summed E-state index contributed by atoms with van der Waals surface area (Å²) in [6.45, 7) is 1.98. The van der Waals surface area contributed by atoms with E-state index in [0.717, 1.165) is 23.3 Å². The van der Waals surface area contributed by atoms with Gasteiger partial charge in [-0.25, -0.2) is 8.78 Å². The van der Waals surface area contributed by atoms with E-state index in [9.17, 15) is 13.6 Å². The third-order valence-electron chi connectivity index (χ3n) is 3.53. The highest BCUT2D eigenvalue weighted by Crippen LogP contribution is 2.19. The van der Waals surface area contributed by atoms with Crippen molar-refractivity contribution in [2.75, 3.05) is 5.32 Å². The minimum Gasteiger partial charge on any atom is -0.421 e. The number of carbonyl (C=O) groups is 1. The number of carbonyl (C=O) groups excluding carboxylic acids is 1. The maximum Gasteiger partial charge on any atom is 0.247 e. The number of hydrogen-bond donors (Lipinski definition) is 1. The van der Waals surface area contributed by atoms with Crippen molar-refractivity contribution in [1.82, 2.24) is 10.2 Å². The van der Waals surface area contributed by atoms with E-state index in [1.165, 1.54) is 6.07 Å². The van der Waals surface area contributed by atoms with Crippen LogP contribution in [0.15, 0.2) is 46.9 Å². The lowest BCUT2D eigenvalue weighted by Crippen LogP contribution is -2.12. The summed E-state index contributed by atoms with van der Waals surface area (Å²) in [6, 6.07) is 10.8. The molecule has 25 heavy (non-hydrogen) atoms. The molecular weight excluding hydrogens is 328 g/mol. The van der Waals surface area contributed by atoms with Gasteiger partial charge in [0, 0.05) is 30.2 Å². The first-order valence-corrected chi connectivity index (χ1v) is 7.65. The topological polar surface area (TPSA) is 68.0 Å². The number of halogens is 2. The van der Waals surface area contributed by atoms with Crippen molar-refractivity contribution in [3.8, 4) is 11.5 Å². The molecule has 0 fully saturated rings. The van der Waals surface area contributed by atoms with Crippen LogP contribution in [0.4, 0.5) is 14.5 Å². The molecule has 0 aliphatic heterocycles. The largest absolute Gasteiger partial charge is 0.421 e. The van der Waals surface area contributed by atoms with Gasteiger partial charge in [0.1, 0.15) is 0 Å². The second-order valence-corrected chi connectivity index (χ2v) is 5.54. The zero-order valence-electron chi connectivity index (χ0n) is 13.4. The van der Waals surface area contributed by atoms with Gasteiger partial charge in [0.2, 0.25) is 17.7 Å². The Morgan fingerprint density at radius 3 is 2.56 bits per heavy atom. The van der Waals surface area contributed by atoms with Gasteiger partial charge in [0.05, 0.1) is 0 Å². The fourth-order valence-corrected chi connectivity index (χ4v) is 2.19. The Kier molecular flexibility index (Phi) is 4.83. The van der Waals surface area contributed by atoms with Gasteiger partial charge in [-0.05, 0) is 31.2 Å². The molecule has 0 radical (unpaired) electrons. The third kappa shape index (κ3) is 4.26. The molecule has 1 N–H and O–H groups in total. The summed E-state index contributed by atoms with van der Waals surface area (Å²) in [6.07, 6.45) is 0.322. The zero-order valence-corrected chi connectivity index (χ0v) is 13.4. The SMILES string of the molecule is Cc1ccc(-c2nnc(CCC(=O)Nc3ccc(F)c(F)c3)o2)cc1. The molecule has 1 heterocycles. The minimum absolute atomic E-state index is 0.0779. The molecule has 1 amide bonds. The van der Waals surface area contributed by atoms with Crippen LogP contribution in [-0.2, 0) is 11.2 Å². The molecule has 0 saturated heterocycles. The highest BCUT2D eigenvalue weighted by Gasteiger charge is 2.11. The summed E-state index contributed by atoms with van der Waals surface area (Å²) in [5.74, 6) is -1.63. The molecule has 5 nitrogen and oxygen atoms in total.